The first-order valence-corrected chi connectivity index (χ1v) is 8.52. The first-order valence-electron chi connectivity index (χ1n) is 7.08. The lowest BCUT2D eigenvalue weighted by Crippen LogP contribution is -2.45. The van der Waals surface area contributed by atoms with Gasteiger partial charge >= 0.3 is 0 Å². The summed E-state index contributed by atoms with van der Waals surface area (Å²) in [4.78, 5) is 0.347. The molecule has 0 amide bonds. The van der Waals surface area contributed by atoms with Crippen LogP contribution in [0.25, 0.3) is 0 Å². The minimum absolute atomic E-state index is 0.105. The summed E-state index contributed by atoms with van der Waals surface area (Å²) in [5.41, 5.74) is 2.23. The van der Waals surface area contributed by atoms with Gasteiger partial charge in [-0.1, -0.05) is 12.5 Å². The second kappa shape index (κ2) is 5.44. The highest BCUT2D eigenvalue weighted by Crippen LogP contribution is 2.27. The lowest BCUT2D eigenvalue weighted by atomic mass is 10.1. The molecule has 20 heavy (non-hydrogen) atoms. The highest BCUT2D eigenvalue weighted by molar-refractivity contribution is 7.89. The fraction of sp³-hybridized carbons (Fsp3) is 0.571. The Morgan fingerprint density at radius 3 is 2.85 bits per heavy atom. The van der Waals surface area contributed by atoms with Gasteiger partial charge in [-0.25, -0.2) is 8.42 Å². The zero-order valence-electron chi connectivity index (χ0n) is 11.4. The number of hydrogen-bond donors (Lipinski definition) is 2. The van der Waals surface area contributed by atoms with Crippen molar-refractivity contribution in [3.05, 3.63) is 29.3 Å². The molecular formula is C14H20N2O3S. The first kappa shape index (κ1) is 14.0. The molecule has 1 saturated heterocycles. The predicted octanol–water partition coefficient (Wildman–Crippen LogP) is 0.825. The summed E-state index contributed by atoms with van der Waals surface area (Å²) in [5, 5.41) is 12.6. The smallest absolute Gasteiger partial charge is 0.243 e. The van der Waals surface area contributed by atoms with E-state index in [4.69, 9.17) is 0 Å². The Labute approximate surface area is 119 Å². The number of rotatable bonds is 3. The second-order valence-corrected chi connectivity index (χ2v) is 7.37. The number of nitrogens with one attached hydrogen (secondary N) is 1. The van der Waals surface area contributed by atoms with Gasteiger partial charge in [0.2, 0.25) is 10.0 Å². The van der Waals surface area contributed by atoms with E-state index in [1.165, 1.54) is 9.87 Å². The van der Waals surface area contributed by atoms with Crippen molar-refractivity contribution in [3.8, 4) is 0 Å². The highest BCUT2D eigenvalue weighted by atomic mass is 32.2. The number of sulfonamides is 1. The molecule has 0 spiro atoms. The number of aliphatic hydroxyl groups excluding tert-OH is 1. The third kappa shape index (κ3) is 2.37. The van der Waals surface area contributed by atoms with Crippen molar-refractivity contribution in [3.63, 3.8) is 0 Å². The van der Waals surface area contributed by atoms with Gasteiger partial charge in [0.15, 0.2) is 0 Å². The molecule has 2 aliphatic heterocycles. The van der Waals surface area contributed by atoms with Crippen LogP contribution in [0.3, 0.4) is 0 Å². The molecule has 2 aliphatic rings. The van der Waals surface area contributed by atoms with E-state index < -0.39 is 10.0 Å². The molecule has 0 radical (unpaired) electrons. The molecule has 6 heteroatoms. The second-order valence-electron chi connectivity index (χ2n) is 5.48. The Bertz CT molecular complexity index is 600. The average molecular weight is 296 g/mol. The van der Waals surface area contributed by atoms with Crippen LogP contribution in [-0.2, 0) is 23.1 Å². The topological polar surface area (TPSA) is 69.6 Å². The number of piperidine rings is 1. The zero-order chi connectivity index (χ0) is 14.2. The number of fused-ring (bicyclic) bond motifs is 1. The molecule has 110 valence electrons. The summed E-state index contributed by atoms with van der Waals surface area (Å²) in [6, 6.07) is 5.07. The van der Waals surface area contributed by atoms with Gasteiger partial charge in [-0.2, -0.15) is 4.31 Å². The summed E-state index contributed by atoms with van der Waals surface area (Å²) in [6.07, 6.45) is 2.58. The van der Waals surface area contributed by atoms with E-state index in [-0.39, 0.29) is 12.6 Å². The van der Waals surface area contributed by atoms with Gasteiger partial charge in [0.1, 0.15) is 0 Å². The van der Waals surface area contributed by atoms with Crippen LogP contribution < -0.4 is 5.32 Å². The van der Waals surface area contributed by atoms with Gasteiger partial charge in [0.05, 0.1) is 11.5 Å². The monoisotopic (exact) mass is 296 g/mol. The van der Waals surface area contributed by atoms with E-state index in [0.29, 0.717) is 11.4 Å². The third-order valence-corrected chi connectivity index (χ3v) is 6.15. The summed E-state index contributed by atoms with van der Waals surface area (Å²) in [6.45, 7) is 1.93. The van der Waals surface area contributed by atoms with E-state index in [0.717, 1.165) is 37.9 Å². The van der Waals surface area contributed by atoms with E-state index in [2.05, 4.69) is 5.32 Å². The van der Waals surface area contributed by atoms with Gasteiger partial charge in [0.25, 0.3) is 0 Å². The van der Waals surface area contributed by atoms with Crippen molar-refractivity contribution in [1.82, 2.24) is 9.62 Å². The molecule has 1 fully saturated rings. The van der Waals surface area contributed by atoms with E-state index in [9.17, 15) is 13.5 Å². The van der Waals surface area contributed by atoms with Crippen LogP contribution >= 0.6 is 0 Å². The fourth-order valence-corrected chi connectivity index (χ4v) is 4.78. The maximum absolute atomic E-state index is 12.8. The Balaban J connectivity index is 1.94. The summed E-state index contributed by atoms with van der Waals surface area (Å²) >= 11 is 0. The largest absolute Gasteiger partial charge is 0.395 e. The fourth-order valence-electron chi connectivity index (χ4n) is 3.04. The van der Waals surface area contributed by atoms with E-state index in [1.54, 1.807) is 12.1 Å². The maximum Gasteiger partial charge on any atom is 0.243 e. The van der Waals surface area contributed by atoms with Crippen LogP contribution in [0.15, 0.2) is 23.1 Å². The standard InChI is InChI=1S/C14H20N2O3S/c17-10-13-3-1-2-6-16(13)20(18,19)14-5-4-11-8-15-9-12(11)7-14/h4-5,7,13,15,17H,1-3,6,8-10H2. The van der Waals surface area contributed by atoms with Crippen molar-refractivity contribution in [2.45, 2.75) is 43.3 Å². The number of hydrogen-bond acceptors (Lipinski definition) is 4. The molecule has 0 aromatic heterocycles. The van der Waals surface area contributed by atoms with Gasteiger partial charge in [0, 0.05) is 25.7 Å². The zero-order valence-corrected chi connectivity index (χ0v) is 12.2. The van der Waals surface area contributed by atoms with Crippen molar-refractivity contribution in [2.75, 3.05) is 13.2 Å². The van der Waals surface area contributed by atoms with Gasteiger partial charge in [-0.05, 0) is 36.1 Å². The summed E-state index contributed by atoms with van der Waals surface area (Å²) in [5.74, 6) is 0. The number of aliphatic hydroxyl groups is 1. The Morgan fingerprint density at radius 1 is 1.25 bits per heavy atom. The maximum atomic E-state index is 12.8. The first-order chi connectivity index (χ1) is 9.63. The molecule has 5 nitrogen and oxygen atoms in total. The van der Waals surface area contributed by atoms with E-state index in [1.807, 2.05) is 6.07 Å². The third-order valence-electron chi connectivity index (χ3n) is 4.20. The van der Waals surface area contributed by atoms with Gasteiger partial charge in [-0.3, -0.25) is 0 Å². The van der Waals surface area contributed by atoms with Crippen LogP contribution in [0.2, 0.25) is 0 Å². The molecule has 1 aromatic rings. The molecule has 0 aliphatic carbocycles. The highest BCUT2D eigenvalue weighted by Gasteiger charge is 2.33. The Hall–Kier alpha value is -0.950. The Kier molecular flexibility index (Phi) is 3.81. The molecule has 1 atom stereocenters. The average Bonchev–Trinajstić information content (AvgIpc) is 2.94. The van der Waals surface area contributed by atoms with Crippen LogP contribution in [0.4, 0.5) is 0 Å². The molecule has 0 bridgehead atoms. The normalized spacial score (nSPS) is 23.8. The Morgan fingerprint density at radius 2 is 2.05 bits per heavy atom. The predicted molar refractivity (Wildman–Crippen MR) is 75.6 cm³/mol. The minimum atomic E-state index is -3.50. The molecule has 2 heterocycles. The van der Waals surface area contributed by atoms with Crippen LogP contribution in [0.1, 0.15) is 30.4 Å². The van der Waals surface area contributed by atoms with Crippen molar-refractivity contribution < 1.29 is 13.5 Å². The lowest BCUT2D eigenvalue weighted by molar-refractivity contribution is 0.155. The molecule has 0 saturated carbocycles. The SMILES string of the molecule is O=S(=O)(c1ccc2c(c1)CNC2)N1CCCCC1CO. The number of nitrogens with zero attached hydrogens (tertiary/aromatic N) is 1. The van der Waals surface area contributed by atoms with Crippen molar-refractivity contribution >= 4 is 10.0 Å². The quantitative estimate of drug-likeness (QED) is 0.866. The molecule has 1 unspecified atom stereocenters. The van der Waals surface area contributed by atoms with Crippen molar-refractivity contribution in [1.29, 1.82) is 0 Å². The molecule has 1 aromatic carbocycles. The van der Waals surface area contributed by atoms with Crippen LogP contribution in [0, 0.1) is 0 Å². The molecule has 3 rings (SSSR count). The van der Waals surface area contributed by atoms with Gasteiger partial charge < -0.3 is 10.4 Å². The van der Waals surface area contributed by atoms with Crippen LogP contribution in [-0.4, -0.2) is 37.0 Å². The lowest BCUT2D eigenvalue weighted by Gasteiger charge is -2.33. The summed E-state index contributed by atoms with van der Waals surface area (Å²) in [7, 11) is -3.50. The summed E-state index contributed by atoms with van der Waals surface area (Å²) < 4.78 is 27.0. The van der Waals surface area contributed by atoms with E-state index >= 15 is 0 Å². The number of benzene rings is 1. The van der Waals surface area contributed by atoms with Crippen LogP contribution in [0.5, 0.6) is 0 Å². The minimum Gasteiger partial charge on any atom is -0.395 e. The molecular weight excluding hydrogens is 276 g/mol. The molecule has 2 N–H and O–H groups in total. The van der Waals surface area contributed by atoms with Crippen molar-refractivity contribution in [2.24, 2.45) is 0 Å². The van der Waals surface area contributed by atoms with Gasteiger partial charge in [-0.15, -0.1) is 0 Å².